The third-order valence-electron chi connectivity index (χ3n) is 4.69. The van der Waals surface area contributed by atoms with E-state index < -0.39 is 0 Å². The fraction of sp³-hybridized carbons (Fsp3) is 0.0455. The zero-order valence-electron chi connectivity index (χ0n) is 14.9. The summed E-state index contributed by atoms with van der Waals surface area (Å²) in [6.07, 6.45) is 6.00. The average molecular weight is 365 g/mol. The number of aldehydes is 1. The average Bonchev–Trinajstić information content (AvgIpc) is 3.16. The molecule has 0 aliphatic carbocycles. The van der Waals surface area contributed by atoms with Crippen LogP contribution in [0.4, 0.5) is 0 Å². The van der Waals surface area contributed by atoms with Crippen LogP contribution in [-0.4, -0.2) is 30.8 Å². The molecule has 0 aliphatic rings. The van der Waals surface area contributed by atoms with Crippen LogP contribution in [-0.2, 0) is 6.54 Å². The van der Waals surface area contributed by atoms with Gasteiger partial charge in [-0.2, -0.15) is 0 Å². The number of carbonyl (C=O) groups excluding carboxylic acids is 1. The Morgan fingerprint density at radius 1 is 0.929 bits per heavy atom. The van der Waals surface area contributed by atoms with Gasteiger partial charge in [0.25, 0.3) is 0 Å². The maximum atomic E-state index is 10.8. The molecule has 0 fully saturated rings. The first-order valence-electron chi connectivity index (χ1n) is 8.87. The molecule has 1 aromatic carbocycles. The summed E-state index contributed by atoms with van der Waals surface area (Å²) in [5.41, 5.74) is 5.84. The molecule has 0 saturated heterocycles. The van der Waals surface area contributed by atoms with Crippen molar-refractivity contribution in [1.82, 2.24) is 24.5 Å². The lowest BCUT2D eigenvalue weighted by Crippen LogP contribution is -2.00. The quantitative estimate of drug-likeness (QED) is 0.452. The number of pyridine rings is 3. The van der Waals surface area contributed by atoms with Gasteiger partial charge in [0, 0.05) is 23.3 Å². The SMILES string of the molecule is O=Cc1ccc(-c2ccc3ncn(Cc4ccc5ncccc5c4)c3n2)cn1. The summed E-state index contributed by atoms with van der Waals surface area (Å²) in [7, 11) is 0. The van der Waals surface area contributed by atoms with Crippen molar-refractivity contribution in [2.45, 2.75) is 6.54 Å². The molecule has 4 aromatic heterocycles. The Kier molecular flexibility index (Phi) is 3.87. The largest absolute Gasteiger partial charge is 0.311 e. The molecule has 134 valence electrons. The van der Waals surface area contributed by atoms with Crippen LogP contribution in [0.3, 0.4) is 0 Å². The number of fused-ring (bicyclic) bond motifs is 2. The van der Waals surface area contributed by atoms with Crippen molar-refractivity contribution in [2.24, 2.45) is 0 Å². The summed E-state index contributed by atoms with van der Waals surface area (Å²) >= 11 is 0. The van der Waals surface area contributed by atoms with E-state index in [4.69, 9.17) is 4.98 Å². The third-order valence-corrected chi connectivity index (χ3v) is 4.69. The number of rotatable bonds is 4. The van der Waals surface area contributed by atoms with E-state index in [9.17, 15) is 4.79 Å². The molecule has 0 radical (unpaired) electrons. The highest BCUT2D eigenvalue weighted by atomic mass is 16.1. The second kappa shape index (κ2) is 6.66. The van der Waals surface area contributed by atoms with Gasteiger partial charge in [0.15, 0.2) is 11.9 Å². The van der Waals surface area contributed by atoms with E-state index in [0.29, 0.717) is 12.2 Å². The maximum absolute atomic E-state index is 10.8. The summed E-state index contributed by atoms with van der Waals surface area (Å²) in [5, 5.41) is 1.11. The molecule has 0 aliphatic heterocycles. The van der Waals surface area contributed by atoms with Gasteiger partial charge in [-0.15, -0.1) is 0 Å². The second-order valence-electron chi connectivity index (χ2n) is 6.53. The van der Waals surface area contributed by atoms with E-state index in [1.165, 1.54) is 0 Å². The predicted octanol–water partition coefficient (Wildman–Crippen LogP) is 3.90. The lowest BCUT2D eigenvalue weighted by atomic mass is 10.1. The van der Waals surface area contributed by atoms with Crippen molar-refractivity contribution >= 4 is 28.4 Å². The predicted molar refractivity (Wildman–Crippen MR) is 107 cm³/mol. The summed E-state index contributed by atoms with van der Waals surface area (Å²) in [6, 6.07) is 17.7. The Bertz CT molecular complexity index is 1310. The first-order chi connectivity index (χ1) is 13.8. The van der Waals surface area contributed by atoms with E-state index in [2.05, 4.69) is 33.2 Å². The van der Waals surface area contributed by atoms with Crippen LogP contribution in [0.5, 0.6) is 0 Å². The van der Waals surface area contributed by atoms with Crippen molar-refractivity contribution in [1.29, 1.82) is 0 Å². The van der Waals surface area contributed by atoms with E-state index in [0.717, 1.165) is 45.2 Å². The summed E-state index contributed by atoms with van der Waals surface area (Å²) < 4.78 is 2.03. The lowest BCUT2D eigenvalue weighted by molar-refractivity contribution is 0.111. The van der Waals surface area contributed by atoms with E-state index in [1.807, 2.05) is 41.2 Å². The minimum absolute atomic E-state index is 0.403. The van der Waals surface area contributed by atoms with Gasteiger partial charge in [0.1, 0.15) is 11.2 Å². The Hall–Kier alpha value is -3.93. The first kappa shape index (κ1) is 16.3. The Labute approximate surface area is 160 Å². The van der Waals surface area contributed by atoms with Crippen LogP contribution < -0.4 is 0 Å². The number of carbonyl (C=O) groups is 1. The number of benzene rings is 1. The Balaban J connectivity index is 1.52. The Morgan fingerprint density at radius 2 is 1.86 bits per heavy atom. The zero-order chi connectivity index (χ0) is 18.9. The van der Waals surface area contributed by atoms with Gasteiger partial charge in [0.05, 0.1) is 24.1 Å². The summed E-state index contributed by atoms with van der Waals surface area (Å²) in [5.74, 6) is 0. The molecule has 5 aromatic rings. The fourth-order valence-corrected chi connectivity index (χ4v) is 3.26. The van der Waals surface area contributed by atoms with Crippen molar-refractivity contribution in [3.05, 3.63) is 84.6 Å². The number of nitrogens with zero attached hydrogens (tertiary/aromatic N) is 5. The highest BCUT2D eigenvalue weighted by Gasteiger charge is 2.09. The molecule has 6 nitrogen and oxygen atoms in total. The standard InChI is InChI=1S/C22H15N5O/c28-13-18-5-4-17(11-24-18)20-7-8-21-22(26-20)27(14-25-21)12-15-3-6-19-16(10-15)2-1-9-23-19/h1-11,13-14H,12H2. The van der Waals surface area contributed by atoms with Crippen LogP contribution in [0.25, 0.3) is 33.3 Å². The fourth-order valence-electron chi connectivity index (χ4n) is 3.26. The van der Waals surface area contributed by atoms with Crippen LogP contribution in [0, 0.1) is 0 Å². The van der Waals surface area contributed by atoms with Gasteiger partial charge < -0.3 is 4.57 Å². The van der Waals surface area contributed by atoms with Crippen molar-refractivity contribution in [2.75, 3.05) is 0 Å². The van der Waals surface area contributed by atoms with Gasteiger partial charge in [-0.3, -0.25) is 14.8 Å². The minimum Gasteiger partial charge on any atom is -0.311 e. The molecule has 0 spiro atoms. The molecule has 0 amide bonds. The summed E-state index contributed by atoms with van der Waals surface area (Å²) in [6.45, 7) is 0.667. The van der Waals surface area contributed by atoms with E-state index >= 15 is 0 Å². The molecule has 0 saturated carbocycles. The van der Waals surface area contributed by atoms with Gasteiger partial charge in [-0.1, -0.05) is 12.1 Å². The molecule has 4 heterocycles. The number of aromatic nitrogens is 5. The molecule has 0 unspecified atom stereocenters. The monoisotopic (exact) mass is 365 g/mol. The molecule has 0 bridgehead atoms. The molecule has 6 heteroatoms. The van der Waals surface area contributed by atoms with Crippen LogP contribution in [0.2, 0.25) is 0 Å². The van der Waals surface area contributed by atoms with Gasteiger partial charge in [0.2, 0.25) is 0 Å². The second-order valence-corrected chi connectivity index (χ2v) is 6.53. The molecule has 5 rings (SSSR count). The van der Waals surface area contributed by atoms with Crippen molar-refractivity contribution in [3.8, 4) is 11.3 Å². The topological polar surface area (TPSA) is 73.6 Å². The molecule has 0 N–H and O–H groups in total. The molecule has 28 heavy (non-hydrogen) atoms. The van der Waals surface area contributed by atoms with Crippen LogP contribution in [0.15, 0.2) is 73.3 Å². The minimum atomic E-state index is 0.403. The number of hydrogen-bond donors (Lipinski definition) is 0. The normalized spacial score (nSPS) is 11.1. The van der Waals surface area contributed by atoms with E-state index in [1.54, 1.807) is 18.5 Å². The lowest BCUT2D eigenvalue weighted by Gasteiger charge is -2.07. The van der Waals surface area contributed by atoms with E-state index in [-0.39, 0.29) is 0 Å². The number of imidazole rings is 1. The molecule has 0 atom stereocenters. The Morgan fingerprint density at radius 3 is 2.71 bits per heavy atom. The first-order valence-corrected chi connectivity index (χ1v) is 8.87. The van der Waals surface area contributed by atoms with Crippen molar-refractivity contribution in [3.63, 3.8) is 0 Å². The zero-order valence-corrected chi connectivity index (χ0v) is 14.9. The van der Waals surface area contributed by atoms with Crippen molar-refractivity contribution < 1.29 is 4.79 Å². The summed E-state index contributed by atoms with van der Waals surface area (Å²) in [4.78, 5) is 28.5. The third kappa shape index (κ3) is 2.91. The highest BCUT2D eigenvalue weighted by molar-refractivity contribution is 5.79. The molecular formula is C22H15N5O. The maximum Gasteiger partial charge on any atom is 0.168 e. The van der Waals surface area contributed by atoms with Gasteiger partial charge in [-0.25, -0.2) is 9.97 Å². The molecular weight excluding hydrogens is 350 g/mol. The van der Waals surface area contributed by atoms with Crippen LogP contribution in [0.1, 0.15) is 16.1 Å². The van der Waals surface area contributed by atoms with Crippen LogP contribution >= 0.6 is 0 Å². The highest BCUT2D eigenvalue weighted by Crippen LogP contribution is 2.21. The van der Waals surface area contributed by atoms with Gasteiger partial charge in [-0.05, 0) is 48.0 Å². The number of hydrogen-bond acceptors (Lipinski definition) is 5. The smallest absolute Gasteiger partial charge is 0.168 e. The van der Waals surface area contributed by atoms with Gasteiger partial charge >= 0.3 is 0 Å².